The molecule has 18 nitrogen and oxygen atoms in total. The van der Waals surface area contributed by atoms with Gasteiger partial charge in [-0.2, -0.15) is 0 Å². The van der Waals surface area contributed by atoms with E-state index in [4.69, 9.17) is 37.3 Å². The van der Waals surface area contributed by atoms with Crippen molar-refractivity contribution in [1.82, 2.24) is 10.2 Å². The second-order valence-corrected chi connectivity index (χ2v) is 11.2. The second-order valence-electron chi connectivity index (χ2n) is 9.51. The molecule has 0 aromatic heterocycles. The van der Waals surface area contributed by atoms with Crippen LogP contribution in [0.1, 0.15) is 6.92 Å². The van der Waals surface area contributed by atoms with E-state index >= 15 is 0 Å². The molecule has 4 atom stereocenters. The fourth-order valence-electron chi connectivity index (χ4n) is 3.86. The molecule has 0 aliphatic carbocycles. The maximum absolute atomic E-state index is 14.5. The summed E-state index contributed by atoms with van der Waals surface area (Å²) in [5.41, 5.74) is -4.58. The first-order valence-corrected chi connectivity index (χ1v) is 13.8. The summed E-state index contributed by atoms with van der Waals surface area (Å²) in [6.07, 6.45) is -4.74. The maximum Gasteiger partial charge on any atom is 0.510 e. The number of alkyl halides is 1. The number of carbonyl (C=O) groups excluding carboxylic acids is 3. The lowest BCUT2D eigenvalue weighted by Crippen LogP contribution is -2.55. The van der Waals surface area contributed by atoms with E-state index < -0.39 is 88.6 Å². The molecule has 0 unspecified atom stereocenters. The third kappa shape index (κ3) is 7.36. The number of carbonyl (C=O) groups is 3. The van der Waals surface area contributed by atoms with Gasteiger partial charge in [0.15, 0.2) is 24.0 Å². The molecule has 236 valence electrons. The van der Waals surface area contributed by atoms with E-state index in [0.29, 0.717) is 0 Å². The van der Waals surface area contributed by atoms with Crippen LogP contribution < -0.4 is 5.32 Å². The normalized spacial score (nSPS) is 29.9. The highest BCUT2D eigenvalue weighted by Gasteiger charge is 2.64. The van der Waals surface area contributed by atoms with Crippen molar-refractivity contribution in [2.24, 2.45) is 0 Å². The van der Waals surface area contributed by atoms with Crippen LogP contribution in [-0.2, 0) is 56.1 Å². The minimum Gasteiger partial charge on any atom is -0.426 e. The average Bonchev–Trinajstić information content (AvgIpc) is 3.08. The summed E-state index contributed by atoms with van der Waals surface area (Å²) in [5, 5.41) is 24.3. The number of aliphatic hydroxyl groups excluding tert-OH is 1. The van der Waals surface area contributed by atoms with Crippen LogP contribution in [0.4, 0.5) is 14.0 Å². The molecule has 0 aromatic carbocycles. The summed E-state index contributed by atoms with van der Waals surface area (Å²) < 4.78 is 77.3. The quantitative estimate of drug-likeness (QED) is 0.136. The van der Waals surface area contributed by atoms with Crippen LogP contribution in [0, 0.1) is 0 Å². The van der Waals surface area contributed by atoms with Gasteiger partial charge in [-0.1, -0.05) is 6.58 Å². The standard InChI is InChI=1S/C22H30FN2O16P/c1-13-24-16(26)3-4-25(13)18-21(2,30)17(27)22(9-23,41-18)10-36-42(31,37-11-34-19(28)39-14-5-32-6-14)38-12-35-20(29)40-15-7-33-8-15/h3-4,14-15,17-18,27,30H,1,5-12H2,2H3,(H,24,26)/t17-,18+,21+,22+/m0/s1. The number of phosphoric ester groups is 1. The van der Waals surface area contributed by atoms with Crippen LogP contribution in [-0.4, -0.2) is 122 Å². The SMILES string of the molecule is C=C1NC(=O)C=CN1[C@@H]1O[C@](CF)(COP(=O)(OCOC(=O)OC2COC2)OCOC(=O)OC2COC2)[C@@H](O)[C@@]1(C)O. The highest BCUT2D eigenvalue weighted by Crippen LogP contribution is 2.52. The Morgan fingerprint density at radius 2 is 1.67 bits per heavy atom. The number of rotatable bonds is 13. The van der Waals surface area contributed by atoms with Crippen molar-refractivity contribution < 1.29 is 80.3 Å². The van der Waals surface area contributed by atoms with Crippen molar-refractivity contribution in [2.45, 2.75) is 42.7 Å². The molecule has 0 radical (unpaired) electrons. The highest BCUT2D eigenvalue weighted by atomic mass is 31.2. The first-order chi connectivity index (χ1) is 19.9. The van der Waals surface area contributed by atoms with E-state index in [-0.39, 0.29) is 32.2 Å². The van der Waals surface area contributed by atoms with Crippen molar-refractivity contribution in [1.29, 1.82) is 0 Å². The number of amides is 1. The van der Waals surface area contributed by atoms with E-state index in [1.165, 1.54) is 6.20 Å². The monoisotopic (exact) mass is 628 g/mol. The number of hydrogen-bond donors (Lipinski definition) is 3. The van der Waals surface area contributed by atoms with Crippen LogP contribution in [0.25, 0.3) is 0 Å². The Balaban J connectivity index is 1.41. The second kappa shape index (κ2) is 13.2. The van der Waals surface area contributed by atoms with Crippen molar-refractivity contribution in [2.75, 3.05) is 53.3 Å². The van der Waals surface area contributed by atoms with Crippen LogP contribution in [0.2, 0.25) is 0 Å². The Morgan fingerprint density at radius 3 is 2.12 bits per heavy atom. The van der Waals surface area contributed by atoms with Crippen molar-refractivity contribution in [3.05, 3.63) is 24.7 Å². The van der Waals surface area contributed by atoms with Crippen molar-refractivity contribution >= 4 is 26.0 Å². The van der Waals surface area contributed by atoms with Gasteiger partial charge >= 0.3 is 20.1 Å². The molecule has 1 amide bonds. The lowest BCUT2D eigenvalue weighted by molar-refractivity contribution is -0.151. The van der Waals surface area contributed by atoms with E-state index in [2.05, 4.69) is 21.4 Å². The van der Waals surface area contributed by atoms with E-state index in [9.17, 15) is 33.6 Å². The van der Waals surface area contributed by atoms with Gasteiger partial charge in [0, 0.05) is 12.3 Å². The maximum atomic E-state index is 14.5. The molecule has 4 aliphatic rings. The molecule has 0 aromatic rings. The van der Waals surface area contributed by atoms with Gasteiger partial charge in [0.05, 0.1) is 33.0 Å². The predicted octanol–water partition coefficient (Wildman–Crippen LogP) is -0.243. The largest absolute Gasteiger partial charge is 0.510 e. The fourth-order valence-corrected chi connectivity index (χ4v) is 4.82. The molecular formula is C22H30FN2O16P. The first kappa shape index (κ1) is 32.1. The Morgan fingerprint density at radius 1 is 1.12 bits per heavy atom. The van der Waals surface area contributed by atoms with Crippen LogP contribution >= 0.6 is 7.82 Å². The molecule has 3 N–H and O–H groups in total. The third-order valence-corrected chi connectivity index (χ3v) is 7.61. The van der Waals surface area contributed by atoms with Crippen LogP contribution in [0.5, 0.6) is 0 Å². The molecule has 0 saturated carbocycles. The zero-order chi connectivity index (χ0) is 30.5. The van der Waals surface area contributed by atoms with Gasteiger partial charge in [0.1, 0.15) is 24.2 Å². The molecule has 0 bridgehead atoms. The molecule has 20 heteroatoms. The van der Waals surface area contributed by atoms with Gasteiger partial charge in [-0.25, -0.2) is 27.6 Å². The number of phosphoric acid groups is 1. The average molecular weight is 628 g/mol. The zero-order valence-corrected chi connectivity index (χ0v) is 23.1. The molecule has 4 rings (SSSR count). The lowest BCUT2D eigenvalue weighted by Gasteiger charge is -2.37. The summed E-state index contributed by atoms with van der Waals surface area (Å²) >= 11 is 0. The number of halogens is 1. The zero-order valence-electron chi connectivity index (χ0n) is 22.2. The molecule has 3 saturated heterocycles. The van der Waals surface area contributed by atoms with E-state index in [1.807, 2.05) is 0 Å². The first-order valence-electron chi connectivity index (χ1n) is 12.3. The number of ether oxygens (including phenoxy) is 7. The van der Waals surface area contributed by atoms with Gasteiger partial charge < -0.3 is 53.6 Å². The molecule has 42 heavy (non-hydrogen) atoms. The van der Waals surface area contributed by atoms with Gasteiger partial charge in [0.2, 0.25) is 13.6 Å². The summed E-state index contributed by atoms with van der Waals surface area (Å²) in [7, 11) is -4.89. The number of nitrogens with one attached hydrogen (secondary N) is 1. The van der Waals surface area contributed by atoms with E-state index in [0.717, 1.165) is 17.9 Å². The van der Waals surface area contributed by atoms with Gasteiger partial charge in [-0.15, -0.1) is 0 Å². The molecule has 4 aliphatic heterocycles. The topological polar surface area (TPSA) is 216 Å². The number of aliphatic hydroxyl groups is 2. The van der Waals surface area contributed by atoms with Crippen LogP contribution in [0.3, 0.4) is 0 Å². The van der Waals surface area contributed by atoms with Gasteiger partial charge in [-0.05, 0) is 6.92 Å². The smallest absolute Gasteiger partial charge is 0.426 e. The third-order valence-electron chi connectivity index (χ3n) is 6.33. The Kier molecular flexibility index (Phi) is 10.1. The Bertz CT molecular complexity index is 1080. The van der Waals surface area contributed by atoms with E-state index in [1.54, 1.807) is 0 Å². The van der Waals surface area contributed by atoms with Crippen molar-refractivity contribution in [3.63, 3.8) is 0 Å². The molecule has 4 heterocycles. The highest BCUT2D eigenvalue weighted by molar-refractivity contribution is 7.48. The van der Waals surface area contributed by atoms with Crippen molar-refractivity contribution in [3.8, 4) is 0 Å². The minimum absolute atomic E-state index is 0.0529. The fraction of sp³-hybridized carbons (Fsp3) is 0.682. The van der Waals surface area contributed by atoms with Gasteiger partial charge in [-0.3, -0.25) is 9.32 Å². The summed E-state index contributed by atoms with van der Waals surface area (Å²) in [6.45, 7) is 0.722. The Hall–Kier alpha value is -2.87. The predicted molar refractivity (Wildman–Crippen MR) is 128 cm³/mol. The van der Waals surface area contributed by atoms with Gasteiger partial charge in [0.25, 0.3) is 5.91 Å². The number of hydrogen-bond acceptors (Lipinski definition) is 17. The molecule has 0 spiro atoms. The minimum atomic E-state index is -4.89. The molecule has 3 fully saturated rings. The summed E-state index contributed by atoms with van der Waals surface area (Å²) in [6, 6.07) is 0. The molecular weight excluding hydrogens is 598 g/mol. The van der Waals surface area contributed by atoms with Crippen LogP contribution in [0.15, 0.2) is 24.7 Å². The number of nitrogens with zero attached hydrogens (tertiary/aromatic N) is 1. The Labute approximate surface area is 237 Å². The lowest BCUT2D eigenvalue weighted by atomic mass is 9.88. The summed E-state index contributed by atoms with van der Waals surface area (Å²) in [5.74, 6) is -0.577. The summed E-state index contributed by atoms with van der Waals surface area (Å²) in [4.78, 5) is 36.2.